The SMILES string of the molecule is CCNC(=O)c1nnc(-c2cc(C(C)C)c(O)cc2O)n1-c1ccc(C(=O)N(C)CC(=O)N2CCC(n3cc(-c4cnc(N)c(OC(C)c5c(Cl)ccc(F)c5Cl)c4)cn3)CC2)cc1. The first kappa shape index (κ1) is 45.3. The van der Waals surface area contributed by atoms with Crippen LogP contribution in [0.5, 0.6) is 17.2 Å². The van der Waals surface area contributed by atoms with Crippen molar-refractivity contribution in [2.75, 3.05) is 39.0 Å². The Morgan fingerprint density at radius 2 is 1.70 bits per heavy atom. The Balaban J connectivity index is 0.979. The molecule has 1 aliphatic heterocycles. The summed E-state index contributed by atoms with van der Waals surface area (Å²) in [6.07, 6.45) is 5.75. The zero-order chi connectivity index (χ0) is 46.0. The molecule has 4 heterocycles. The van der Waals surface area contributed by atoms with E-state index in [0.29, 0.717) is 60.4 Å². The van der Waals surface area contributed by atoms with Gasteiger partial charge in [0.15, 0.2) is 17.4 Å². The number of carbonyl (C=O) groups excluding carboxylic acids is 3. The molecule has 0 saturated carbocycles. The van der Waals surface area contributed by atoms with Crippen LogP contribution in [0.1, 0.15) is 90.7 Å². The number of nitrogen functional groups attached to an aromatic ring is 1. The number of nitrogens with two attached hydrogens (primary N) is 1. The van der Waals surface area contributed by atoms with Gasteiger partial charge in [0.2, 0.25) is 11.7 Å². The summed E-state index contributed by atoms with van der Waals surface area (Å²) < 4.78 is 23.6. The molecular formula is C45H47Cl2FN10O6. The van der Waals surface area contributed by atoms with Crippen LogP contribution in [0.25, 0.3) is 28.2 Å². The van der Waals surface area contributed by atoms with Crippen molar-refractivity contribution >= 4 is 46.7 Å². The van der Waals surface area contributed by atoms with Gasteiger partial charge in [0, 0.05) is 78.1 Å². The van der Waals surface area contributed by atoms with Crippen molar-refractivity contribution in [1.82, 2.24) is 44.6 Å². The number of halogens is 3. The normalized spacial score (nSPS) is 13.5. The van der Waals surface area contributed by atoms with Gasteiger partial charge < -0.3 is 35.8 Å². The van der Waals surface area contributed by atoms with Gasteiger partial charge in [0.05, 0.1) is 29.4 Å². The van der Waals surface area contributed by atoms with E-state index in [4.69, 9.17) is 33.7 Å². The molecule has 1 saturated heterocycles. The number of piperidine rings is 1. The van der Waals surface area contributed by atoms with Gasteiger partial charge >= 0.3 is 0 Å². The monoisotopic (exact) mass is 912 g/mol. The number of carbonyl (C=O) groups is 3. The molecule has 19 heteroatoms. The number of ether oxygens (including phenoxy) is 1. The number of hydrogen-bond donors (Lipinski definition) is 4. The molecule has 1 unspecified atom stereocenters. The second kappa shape index (κ2) is 18.9. The number of phenolic OH excluding ortho intramolecular Hbond substituents is 2. The smallest absolute Gasteiger partial charge is 0.289 e. The molecule has 6 aromatic rings. The molecule has 1 aliphatic rings. The Kier molecular flexibility index (Phi) is 13.4. The van der Waals surface area contributed by atoms with E-state index in [1.165, 1.54) is 27.7 Å². The van der Waals surface area contributed by atoms with Gasteiger partial charge in [0.25, 0.3) is 11.8 Å². The Morgan fingerprint density at radius 3 is 2.39 bits per heavy atom. The molecule has 0 bridgehead atoms. The van der Waals surface area contributed by atoms with Crippen molar-refractivity contribution in [1.29, 1.82) is 0 Å². The van der Waals surface area contributed by atoms with Crippen LogP contribution >= 0.6 is 23.2 Å². The highest BCUT2D eigenvalue weighted by molar-refractivity contribution is 6.36. The van der Waals surface area contributed by atoms with Gasteiger partial charge in [-0.1, -0.05) is 37.0 Å². The maximum atomic E-state index is 14.2. The lowest BCUT2D eigenvalue weighted by molar-refractivity contribution is -0.133. The fourth-order valence-electron chi connectivity index (χ4n) is 7.61. The van der Waals surface area contributed by atoms with E-state index in [2.05, 4.69) is 25.6 Å². The van der Waals surface area contributed by atoms with Crippen LogP contribution in [0.15, 0.2) is 73.2 Å². The molecule has 3 aromatic heterocycles. The number of likely N-dealkylation sites (tertiary alicyclic amines) is 1. The number of hydrogen-bond acceptors (Lipinski definition) is 11. The maximum Gasteiger partial charge on any atom is 0.289 e. The first-order chi connectivity index (χ1) is 30.6. The minimum absolute atomic E-state index is 0.0143. The van der Waals surface area contributed by atoms with Gasteiger partial charge in [0.1, 0.15) is 23.4 Å². The lowest BCUT2D eigenvalue weighted by Crippen LogP contribution is -2.45. The molecule has 1 fully saturated rings. The van der Waals surface area contributed by atoms with Crippen molar-refractivity contribution < 1.29 is 33.7 Å². The fraction of sp³-hybridized carbons (Fsp3) is 0.311. The average Bonchev–Trinajstić information content (AvgIpc) is 3.95. The number of pyridine rings is 1. The van der Waals surface area contributed by atoms with Crippen molar-refractivity contribution in [3.05, 3.63) is 112 Å². The zero-order valence-electron chi connectivity index (χ0n) is 35.7. The van der Waals surface area contributed by atoms with Crippen LogP contribution < -0.4 is 15.8 Å². The highest BCUT2D eigenvalue weighted by atomic mass is 35.5. The first-order valence-electron chi connectivity index (χ1n) is 20.6. The first-order valence-corrected chi connectivity index (χ1v) is 21.3. The molecule has 16 nitrogen and oxygen atoms in total. The average molecular weight is 914 g/mol. The van der Waals surface area contributed by atoms with E-state index in [0.717, 1.165) is 5.56 Å². The minimum Gasteiger partial charge on any atom is -0.508 e. The molecule has 7 rings (SSSR count). The summed E-state index contributed by atoms with van der Waals surface area (Å²) in [6.45, 7) is 8.36. The minimum atomic E-state index is -0.735. The molecule has 3 amide bonds. The molecule has 0 spiro atoms. The highest BCUT2D eigenvalue weighted by Gasteiger charge is 2.28. The Morgan fingerprint density at radius 1 is 0.984 bits per heavy atom. The summed E-state index contributed by atoms with van der Waals surface area (Å²) in [5.41, 5.74) is 9.46. The zero-order valence-corrected chi connectivity index (χ0v) is 37.2. The fourth-order valence-corrected chi connectivity index (χ4v) is 8.29. The van der Waals surface area contributed by atoms with Crippen molar-refractivity contribution in [3.63, 3.8) is 0 Å². The summed E-state index contributed by atoms with van der Waals surface area (Å²) in [5.74, 6) is -1.58. The standard InChI is InChI=1S/C45H47Cl2FN10O6/c1-6-50-44(62)43-54-53-42(32-18-31(24(2)3)35(59)19-36(32)60)58(43)30-9-7-26(8-10-30)45(63)55(5)23-38(61)56-15-13-29(14-16-56)57-22-28(21-52-57)27-17-37(41(49)51-20-27)64-25(4)39-33(46)11-12-34(48)40(39)47/h7-12,17-22,24-25,29,59-60H,6,13-16,23H2,1-5H3,(H2,49,51)(H,50,62). The Bertz CT molecular complexity index is 2720. The number of aromatic nitrogens is 6. The summed E-state index contributed by atoms with van der Waals surface area (Å²) in [7, 11) is 1.56. The summed E-state index contributed by atoms with van der Waals surface area (Å²) in [5, 5.41) is 37.1. The Hall–Kier alpha value is -6.72. The van der Waals surface area contributed by atoms with Gasteiger partial charge in [-0.25, -0.2) is 9.37 Å². The van der Waals surface area contributed by atoms with Crippen LogP contribution in [-0.4, -0.2) is 100 Å². The van der Waals surface area contributed by atoms with Crippen LogP contribution in [0, 0.1) is 5.82 Å². The van der Waals surface area contributed by atoms with Crippen LogP contribution in [0.4, 0.5) is 10.2 Å². The topological polar surface area (TPSA) is 207 Å². The largest absolute Gasteiger partial charge is 0.508 e. The molecule has 0 aliphatic carbocycles. The quantitative estimate of drug-likeness (QED) is 0.0831. The number of nitrogens with one attached hydrogen (secondary N) is 1. The van der Waals surface area contributed by atoms with E-state index < -0.39 is 17.8 Å². The lowest BCUT2D eigenvalue weighted by Gasteiger charge is -2.33. The number of phenols is 2. The summed E-state index contributed by atoms with van der Waals surface area (Å²) in [6, 6.07) is 13.6. The van der Waals surface area contributed by atoms with Crippen molar-refractivity contribution in [3.8, 4) is 45.5 Å². The third kappa shape index (κ3) is 9.31. The number of likely N-dealkylation sites (N-methyl/N-ethyl adjacent to an activating group) is 1. The molecule has 0 radical (unpaired) electrons. The molecule has 334 valence electrons. The van der Waals surface area contributed by atoms with Crippen molar-refractivity contribution in [2.24, 2.45) is 0 Å². The molecule has 1 atom stereocenters. The van der Waals surface area contributed by atoms with Gasteiger partial charge in [-0.05, 0) is 86.7 Å². The number of nitrogens with zero attached hydrogens (tertiary/aromatic N) is 8. The second-order valence-electron chi connectivity index (χ2n) is 15.8. The maximum absolute atomic E-state index is 14.2. The van der Waals surface area contributed by atoms with Crippen molar-refractivity contribution in [2.45, 2.75) is 58.6 Å². The number of benzene rings is 3. The lowest BCUT2D eigenvalue weighted by atomic mass is 9.98. The van der Waals surface area contributed by atoms with E-state index in [-0.39, 0.29) is 80.6 Å². The Labute approximate surface area is 378 Å². The van der Waals surface area contributed by atoms with Gasteiger partial charge in [-0.3, -0.25) is 23.6 Å². The molecule has 64 heavy (non-hydrogen) atoms. The third-order valence-corrected chi connectivity index (χ3v) is 11.8. The number of amides is 3. The van der Waals surface area contributed by atoms with Crippen LogP contribution in [-0.2, 0) is 4.79 Å². The number of aromatic hydroxyl groups is 2. The van der Waals surface area contributed by atoms with Crippen LogP contribution in [0.2, 0.25) is 10.0 Å². The van der Waals surface area contributed by atoms with E-state index in [9.17, 15) is 29.0 Å². The highest BCUT2D eigenvalue weighted by Crippen LogP contribution is 2.39. The predicted octanol–water partition coefficient (Wildman–Crippen LogP) is 7.58. The molecule has 5 N–H and O–H groups in total. The van der Waals surface area contributed by atoms with Gasteiger partial charge in [-0.15, -0.1) is 10.2 Å². The molecular weight excluding hydrogens is 866 g/mol. The van der Waals surface area contributed by atoms with Crippen LogP contribution in [0.3, 0.4) is 0 Å². The third-order valence-electron chi connectivity index (χ3n) is 11.1. The predicted molar refractivity (Wildman–Crippen MR) is 239 cm³/mol. The molecule has 3 aromatic carbocycles. The summed E-state index contributed by atoms with van der Waals surface area (Å²) >= 11 is 12.5. The second-order valence-corrected chi connectivity index (χ2v) is 16.6. The summed E-state index contributed by atoms with van der Waals surface area (Å²) in [4.78, 5) is 47.5. The van der Waals surface area contributed by atoms with E-state index in [1.54, 1.807) is 74.6 Å². The number of anilines is 1. The number of rotatable bonds is 13. The van der Waals surface area contributed by atoms with E-state index >= 15 is 0 Å². The van der Waals surface area contributed by atoms with Gasteiger partial charge in [-0.2, -0.15) is 5.10 Å². The van der Waals surface area contributed by atoms with E-state index in [1.807, 2.05) is 24.7 Å².